The first-order chi connectivity index (χ1) is 19.0. The molecule has 11 nitrogen and oxygen atoms in total. The van der Waals surface area contributed by atoms with Crippen molar-refractivity contribution in [3.8, 4) is 0 Å². The Bertz CT molecular complexity index is 1480. The Morgan fingerprint density at radius 2 is 1.93 bits per heavy atom. The number of nitrogens with one attached hydrogen (secondary N) is 3. The zero-order valence-corrected chi connectivity index (χ0v) is 22.9. The highest BCUT2D eigenvalue weighted by Crippen LogP contribution is 2.59. The Kier molecular flexibility index (Phi) is 7.79. The van der Waals surface area contributed by atoms with Gasteiger partial charge in [-0.1, -0.05) is 18.9 Å². The number of amides is 3. The number of fused-ring (bicyclic) bond motifs is 2. The third-order valence-corrected chi connectivity index (χ3v) is 9.51. The molecular weight excluding hydrogens is 567 g/mol. The quantitative estimate of drug-likeness (QED) is 0.262. The van der Waals surface area contributed by atoms with Crippen LogP contribution in [0.4, 0.5) is 8.78 Å². The molecule has 0 bridgehead atoms. The molecule has 15 heteroatoms. The van der Waals surface area contributed by atoms with E-state index in [4.69, 9.17) is 9.79 Å². The molecule has 2 aliphatic rings. The van der Waals surface area contributed by atoms with Crippen molar-refractivity contribution < 1.29 is 37.5 Å². The Morgan fingerprint density at radius 3 is 2.65 bits per heavy atom. The van der Waals surface area contributed by atoms with Gasteiger partial charge in [0, 0.05) is 22.5 Å². The lowest BCUT2D eigenvalue weighted by Gasteiger charge is -2.35. The summed E-state index contributed by atoms with van der Waals surface area (Å²) in [6.07, 6.45) is 5.49. The van der Waals surface area contributed by atoms with Crippen LogP contribution in [-0.2, 0) is 26.4 Å². The van der Waals surface area contributed by atoms with Gasteiger partial charge in [-0.2, -0.15) is 13.9 Å². The molecule has 1 aromatic carbocycles. The molecule has 2 aliphatic heterocycles. The minimum atomic E-state index is -5.74. The van der Waals surface area contributed by atoms with E-state index >= 15 is 0 Å². The molecule has 3 atom stereocenters. The fourth-order valence-corrected chi connectivity index (χ4v) is 6.77. The van der Waals surface area contributed by atoms with E-state index in [2.05, 4.69) is 20.8 Å². The van der Waals surface area contributed by atoms with Crippen LogP contribution in [0.3, 0.4) is 0 Å². The van der Waals surface area contributed by atoms with Crippen LogP contribution in [0.5, 0.6) is 0 Å². The zero-order chi connectivity index (χ0) is 28.7. The highest BCUT2D eigenvalue weighted by Gasteiger charge is 2.50. The van der Waals surface area contributed by atoms with Crippen LogP contribution in [0.1, 0.15) is 59.5 Å². The summed E-state index contributed by atoms with van der Waals surface area (Å²) in [6.45, 7) is 0.246. The van der Waals surface area contributed by atoms with Crippen molar-refractivity contribution >= 4 is 46.7 Å². The summed E-state index contributed by atoms with van der Waals surface area (Å²) < 4.78 is 40.1. The van der Waals surface area contributed by atoms with Gasteiger partial charge >= 0.3 is 13.3 Å². The van der Waals surface area contributed by atoms with Crippen LogP contribution in [0.2, 0.25) is 0 Å². The molecule has 40 heavy (non-hydrogen) atoms. The van der Waals surface area contributed by atoms with Crippen molar-refractivity contribution in [1.82, 2.24) is 25.7 Å². The number of benzene rings is 1. The van der Waals surface area contributed by atoms with Gasteiger partial charge in [0.05, 0.1) is 17.1 Å². The third-order valence-electron chi connectivity index (χ3n) is 7.41. The maximum atomic E-state index is 14.2. The van der Waals surface area contributed by atoms with Crippen molar-refractivity contribution in [2.24, 2.45) is 0 Å². The van der Waals surface area contributed by atoms with E-state index in [1.54, 1.807) is 17.2 Å². The predicted octanol–water partition coefficient (Wildman–Crippen LogP) is 3.20. The van der Waals surface area contributed by atoms with Crippen LogP contribution in [0, 0.1) is 0 Å². The summed E-state index contributed by atoms with van der Waals surface area (Å²) in [7, 11) is -5.74. The first-order valence-electron chi connectivity index (χ1n) is 12.8. The van der Waals surface area contributed by atoms with Crippen LogP contribution >= 0.6 is 18.9 Å². The number of carbonyl (C=O) groups is 3. The molecule has 2 aromatic heterocycles. The molecule has 0 unspecified atom stereocenters. The number of hydrogen-bond acceptors (Lipinski definition) is 6. The van der Waals surface area contributed by atoms with Crippen molar-refractivity contribution in [2.45, 2.75) is 68.9 Å². The molecule has 0 radical (unpaired) electrons. The Balaban J connectivity index is 1.32. The van der Waals surface area contributed by atoms with Gasteiger partial charge < -0.3 is 25.3 Å². The van der Waals surface area contributed by atoms with E-state index in [1.165, 1.54) is 12.1 Å². The van der Waals surface area contributed by atoms with Crippen molar-refractivity contribution in [3.05, 3.63) is 52.7 Å². The summed E-state index contributed by atoms with van der Waals surface area (Å²) in [5.41, 5.74) is -4.50. The first kappa shape index (κ1) is 28.3. The average molecular weight is 596 g/mol. The fourth-order valence-electron chi connectivity index (χ4n) is 5.35. The van der Waals surface area contributed by atoms with Gasteiger partial charge in [0.25, 0.3) is 5.91 Å². The molecular formula is C25H28F2N5O6PS. The smallest absolute Gasteiger partial charge is 0.349 e. The minimum Gasteiger partial charge on any atom is -0.349 e. The second-order valence-electron chi connectivity index (χ2n) is 10.1. The number of rotatable bonds is 7. The van der Waals surface area contributed by atoms with Gasteiger partial charge in [-0.05, 0) is 55.3 Å². The third kappa shape index (κ3) is 5.53. The van der Waals surface area contributed by atoms with Crippen LogP contribution < -0.4 is 10.6 Å². The SMILES string of the molecule is O=C(N[C@H]1CCCC[C@H]2CC[C@@H](C(=O)NCc3ccn[nH]3)N2C1=O)c1cc2cc(C(F)(F)P(=O)(O)O)ccc2s1. The number of halogens is 2. The Labute approximate surface area is 231 Å². The largest absolute Gasteiger partial charge is 0.399 e. The van der Waals surface area contributed by atoms with Gasteiger partial charge in [0.1, 0.15) is 12.1 Å². The highest BCUT2D eigenvalue weighted by molar-refractivity contribution is 7.52. The summed E-state index contributed by atoms with van der Waals surface area (Å²) in [5.74, 6) is -1.18. The number of carbonyl (C=O) groups excluding carboxylic acids is 3. The molecule has 2 fully saturated rings. The zero-order valence-electron chi connectivity index (χ0n) is 21.2. The fraction of sp³-hybridized carbons (Fsp3) is 0.440. The molecule has 0 spiro atoms. The van der Waals surface area contributed by atoms with E-state index in [9.17, 15) is 27.7 Å². The van der Waals surface area contributed by atoms with E-state index in [0.717, 1.165) is 42.0 Å². The maximum Gasteiger partial charge on any atom is 0.399 e. The van der Waals surface area contributed by atoms with E-state index in [1.807, 2.05) is 0 Å². The first-order valence-corrected chi connectivity index (χ1v) is 15.2. The second kappa shape index (κ2) is 11.0. The van der Waals surface area contributed by atoms with E-state index in [0.29, 0.717) is 30.4 Å². The maximum absolute atomic E-state index is 14.2. The number of aromatic nitrogens is 2. The molecule has 5 rings (SSSR count). The van der Waals surface area contributed by atoms with Crippen LogP contribution in [-0.4, -0.2) is 60.7 Å². The molecule has 0 aliphatic carbocycles. The van der Waals surface area contributed by atoms with Crippen molar-refractivity contribution in [2.75, 3.05) is 0 Å². The molecule has 5 N–H and O–H groups in total. The molecule has 3 aromatic rings. The summed E-state index contributed by atoms with van der Waals surface area (Å²) in [4.78, 5) is 59.7. The van der Waals surface area contributed by atoms with Gasteiger partial charge in [0.15, 0.2) is 0 Å². The topological polar surface area (TPSA) is 165 Å². The Morgan fingerprint density at radius 1 is 1.15 bits per heavy atom. The lowest BCUT2D eigenvalue weighted by atomic mass is 9.99. The average Bonchev–Trinajstić information content (AvgIpc) is 3.66. The minimum absolute atomic E-state index is 0.103. The lowest BCUT2D eigenvalue weighted by molar-refractivity contribution is -0.142. The second-order valence-corrected chi connectivity index (χ2v) is 12.8. The number of nitrogens with zero attached hydrogens (tertiary/aromatic N) is 2. The molecule has 214 valence electrons. The molecule has 3 amide bonds. The van der Waals surface area contributed by atoms with E-state index in [-0.39, 0.29) is 34.7 Å². The summed E-state index contributed by atoms with van der Waals surface area (Å²) in [5, 5.41) is 12.5. The standard InChI is InChI=1S/C25H28F2N5O6PS/c26-25(27,39(36,37)38)15-5-8-20-14(11-15)12-21(40-20)23(34)30-18-4-2-1-3-17-6-7-19(32(17)24(18)35)22(33)28-13-16-9-10-29-31-16/h5,8-12,17-19H,1-4,6-7,13H2,(H,28,33)(H,29,31)(H,30,34)(H2,36,37,38)/t17-,18-,19-/m0/s1. The number of hydrogen-bond donors (Lipinski definition) is 5. The number of alkyl halides is 2. The van der Waals surface area contributed by atoms with Gasteiger partial charge in [0.2, 0.25) is 11.8 Å². The monoisotopic (exact) mass is 595 g/mol. The van der Waals surface area contributed by atoms with Crippen molar-refractivity contribution in [1.29, 1.82) is 0 Å². The van der Waals surface area contributed by atoms with Gasteiger partial charge in [-0.15, -0.1) is 11.3 Å². The summed E-state index contributed by atoms with van der Waals surface area (Å²) in [6, 6.07) is 4.61. The number of H-pyrrole nitrogens is 1. The van der Waals surface area contributed by atoms with Gasteiger partial charge in [-0.25, -0.2) is 0 Å². The van der Waals surface area contributed by atoms with Gasteiger partial charge in [-0.3, -0.25) is 24.0 Å². The number of thiophene rings is 1. The normalized spacial score (nSPS) is 22.1. The highest BCUT2D eigenvalue weighted by atomic mass is 32.1. The Hall–Kier alpha value is -3.19. The number of aromatic amines is 1. The van der Waals surface area contributed by atoms with Crippen LogP contribution in [0.15, 0.2) is 36.5 Å². The molecule has 4 heterocycles. The van der Waals surface area contributed by atoms with Crippen LogP contribution in [0.25, 0.3) is 10.1 Å². The molecule has 0 saturated carbocycles. The van der Waals surface area contributed by atoms with Crippen molar-refractivity contribution in [3.63, 3.8) is 0 Å². The molecule has 2 saturated heterocycles. The summed E-state index contributed by atoms with van der Waals surface area (Å²) >= 11 is 1.01. The lowest BCUT2D eigenvalue weighted by Crippen LogP contribution is -2.56. The predicted molar refractivity (Wildman–Crippen MR) is 142 cm³/mol. The van der Waals surface area contributed by atoms with E-state index < -0.39 is 36.8 Å².